The van der Waals surface area contributed by atoms with E-state index in [2.05, 4.69) is 16.4 Å². The van der Waals surface area contributed by atoms with Gasteiger partial charge in [0.25, 0.3) is 0 Å². The van der Waals surface area contributed by atoms with E-state index < -0.39 is 23.4 Å². The highest BCUT2D eigenvalue weighted by molar-refractivity contribution is 5.86. The molecule has 0 spiro atoms. The van der Waals surface area contributed by atoms with Gasteiger partial charge in [-0.05, 0) is 62.1 Å². The van der Waals surface area contributed by atoms with Gasteiger partial charge in [0.1, 0.15) is 0 Å². The predicted octanol–water partition coefficient (Wildman–Crippen LogP) is 4.51. The van der Waals surface area contributed by atoms with E-state index in [-0.39, 0.29) is 11.9 Å². The monoisotopic (exact) mass is 416 g/mol. The van der Waals surface area contributed by atoms with E-state index >= 15 is 0 Å². The molecule has 0 radical (unpaired) electrons. The number of hydrogen-bond acceptors (Lipinski definition) is 3. The number of carbonyl (C=O) groups excluding carboxylic acids is 1. The molecule has 1 atom stereocenters. The van der Waals surface area contributed by atoms with Crippen molar-refractivity contribution in [2.75, 3.05) is 0 Å². The van der Waals surface area contributed by atoms with Crippen LogP contribution in [0.15, 0.2) is 24.4 Å². The molecule has 4 aliphatic carbocycles. The zero-order valence-electron chi connectivity index (χ0n) is 16.5. The number of aryl methyl sites for hydroxylation is 1. The van der Waals surface area contributed by atoms with Gasteiger partial charge in [0.15, 0.2) is 0 Å². The van der Waals surface area contributed by atoms with Crippen molar-refractivity contribution in [1.29, 1.82) is 0 Å². The second-order valence-corrected chi connectivity index (χ2v) is 9.84. The number of nitrogens with zero attached hydrogens (tertiary/aromatic N) is 3. The number of fused-ring (bicyclic) bond motifs is 1. The standard InChI is InChI=1S/C22H23F3N4O/c23-22(24,25)12-20-9-21(10-20,11-20)19(30)27-15-4-6-29-18(15)8-17(28-29)14-3-5-26-16(7-14)13-1-2-13/h3,5,7-8,13,15H,1-2,4,6,9-12H2,(H,27,30)/t15-,20?,21?/m0/s1. The van der Waals surface area contributed by atoms with Crippen LogP contribution in [0.1, 0.15) is 68.3 Å². The first-order chi connectivity index (χ1) is 14.2. The third-order valence-electron chi connectivity index (χ3n) is 7.37. The number of rotatable bonds is 5. The summed E-state index contributed by atoms with van der Waals surface area (Å²) in [7, 11) is 0. The number of carbonyl (C=O) groups is 1. The fraction of sp³-hybridized carbons (Fsp3) is 0.591. The first-order valence-electron chi connectivity index (χ1n) is 10.7. The highest BCUT2D eigenvalue weighted by Crippen LogP contribution is 2.76. The Labute approximate surface area is 172 Å². The molecule has 0 unspecified atom stereocenters. The van der Waals surface area contributed by atoms with E-state index in [0.717, 1.165) is 35.6 Å². The van der Waals surface area contributed by atoms with Crippen LogP contribution in [-0.4, -0.2) is 26.8 Å². The molecule has 5 aliphatic rings. The van der Waals surface area contributed by atoms with Gasteiger partial charge in [0.05, 0.1) is 22.8 Å². The van der Waals surface area contributed by atoms with Crippen molar-refractivity contribution in [3.05, 3.63) is 35.8 Å². The maximum atomic E-state index is 12.8. The summed E-state index contributed by atoms with van der Waals surface area (Å²) in [4.78, 5) is 17.3. The summed E-state index contributed by atoms with van der Waals surface area (Å²) in [5.74, 6) is 0.479. The van der Waals surface area contributed by atoms with E-state index in [0.29, 0.717) is 25.2 Å². The molecular weight excluding hydrogens is 393 g/mol. The minimum Gasteiger partial charge on any atom is -0.347 e. The molecule has 2 bridgehead atoms. The number of amides is 1. The Hall–Kier alpha value is -2.38. The summed E-state index contributed by atoms with van der Waals surface area (Å²) in [6, 6.07) is 5.96. The van der Waals surface area contributed by atoms with E-state index in [1.54, 1.807) is 0 Å². The van der Waals surface area contributed by atoms with Crippen LogP contribution >= 0.6 is 0 Å². The highest BCUT2D eigenvalue weighted by atomic mass is 19.4. The molecule has 5 nitrogen and oxygen atoms in total. The molecule has 2 aromatic heterocycles. The van der Waals surface area contributed by atoms with Crippen LogP contribution < -0.4 is 5.32 Å². The molecule has 0 aromatic carbocycles. The highest BCUT2D eigenvalue weighted by Gasteiger charge is 2.73. The number of alkyl halides is 3. The van der Waals surface area contributed by atoms with Crippen molar-refractivity contribution in [3.63, 3.8) is 0 Å². The maximum absolute atomic E-state index is 12.8. The van der Waals surface area contributed by atoms with Gasteiger partial charge < -0.3 is 5.32 Å². The minimum absolute atomic E-state index is 0.0901. The molecule has 1 N–H and O–H groups in total. The lowest BCUT2D eigenvalue weighted by Crippen LogP contribution is -2.68. The lowest BCUT2D eigenvalue weighted by molar-refractivity contribution is -0.258. The van der Waals surface area contributed by atoms with E-state index in [9.17, 15) is 18.0 Å². The summed E-state index contributed by atoms with van der Waals surface area (Å²) in [6.45, 7) is 0.728. The first-order valence-corrected chi connectivity index (χ1v) is 10.7. The zero-order chi connectivity index (χ0) is 20.7. The molecule has 30 heavy (non-hydrogen) atoms. The second-order valence-electron chi connectivity index (χ2n) is 9.84. The largest absolute Gasteiger partial charge is 0.389 e. The van der Waals surface area contributed by atoms with Gasteiger partial charge in [-0.15, -0.1) is 0 Å². The van der Waals surface area contributed by atoms with Crippen LogP contribution in [0.5, 0.6) is 0 Å². The Bertz CT molecular complexity index is 1020. The van der Waals surface area contributed by atoms with Gasteiger partial charge in [0, 0.05) is 36.3 Å². The Morgan fingerprint density at radius 1 is 1.20 bits per heavy atom. The van der Waals surface area contributed by atoms with Gasteiger partial charge in [-0.25, -0.2) is 0 Å². The Balaban J connectivity index is 1.14. The SMILES string of the molecule is O=C(N[C@H]1CCn2nc(-c3ccnc(C4CC4)c3)cc21)C12CC(CC(F)(F)F)(C1)C2. The summed E-state index contributed by atoms with van der Waals surface area (Å²) >= 11 is 0. The third kappa shape index (κ3) is 2.87. The first kappa shape index (κ1) is 18.4. The molecule has 1 amide bonds. The smallest absolute Gasteiger partial charge is 0.347 e. The quantitative estimate of drug-likeness (QED) is 0.781. The fourth-order valence-electron chi connectivity index (χ4n) is 5.95. The van der Waals surface area contributed by atoms with E-state index in [1.165, 1.54) is 12.8 Å². The Kier molecular flexibility index (Phi) is 3.59. The summed E-state index contributed by atoms with van der Waals surface area (Å²) in [5, 5.41) is 7.82. The molecular formula is C22H23F3N4O. The van der Waals surface area contributed by atoms with Crippen molar-refractivity contribution >= 4 is 5.91 Å². The minimum atomic E-state index is -4.15. The average molecular weight is 416 g/mol. The lowest BCUT2D eigenvalue weighted by atomic mass is 9.34. The summed E-state index contributed by atoms with van der Waals surface area (Å²) < 4.78 is 40.1. The number of nitrogens with one attached hydrogen (secondary N) is 1. The van der Waals surface area contributed by atoms with Crippen molar-refractivity contribution in [2.45, 2.75) is 69.6 Å². The van der Waals surface area contributed by atoms with Crippen LogP contribution in [0.25, 0.3) is 11.3 Å². The van der Waals surface area contributed by atoms with Gasteiger partial charge >= 0.3 is 6.18 Å². The lowest BCUT2D eigenvalue weighted by Gasteiger charge is -2.69. The van der Waals surface area contributed by atoms with Crippen molar-refractivity contribution < 1.29 is 18.0 Å². The average Bonchev–Trinajstić information content (AvgIpc) is 3.29. The molecule has 7 rings (SSSR count). The van der Waals surface area contributed by atoms with Gasteiger partial charge in [-0.2, -0.15) is 18.3 Å². The molecule has 158 valence electrons. The van der Waals surface area contributed by atoms with E-state index in [4.69, 9.17) is 5.10 Å². The normalized spacial score (nSPS) is 31.6. The molecule has 1 aliphatic heterocycles. The van der Waals surface area contributed by atoms with Crippen molar-refractivity contribution in [2.24, 2.45) is 10.8 Å². The Morgan fingerprint density at radius 2 is 1.97 bits per heavy atom. The third-order valence-corrected chi connectivity index (χ3v) is 7.37. The molecule has 8 heteroatoms. The summed E-state index contributed by atoms with van der Waals surface area (Å²) in [6.07, 6.45) is 1.16. The molecule has 4 saturated carbocycles. The summed E-state index contributed by atoms with van der Waals surface area (Å²) in [5.41, 5.74) is 2.74. The number of aromatic nitrogens is 3. The van der Waals surface area contributed by atoms with Gasteiger partial charge in [0.2, 0.25) is 5.91 Å². The van der Waals surface area contributed by atoms with Crippen LogP contribution in [0.2, 0.25) is 0 Å². The zero-order valence-corrected chi connectivity index (χ0v) is 16.5. The van der Waals surface area contributed by atoms with Crippen molar-refractivity contribution in [1.82, 2.24) is 20.1 Å². The molecule has 2 aromatic rings. The van der Waals surface area contributed by atoms with Crippen LogP contribution in [0.3, 0.4) is 0 Å². The Morgan fingerprint density at radius 3 is 2.67 bits per heavy atom. The van der Waals surface area contributed by atoms with Gasteiger partial charge in [-0.1, -0.05) is 0 Å². The topological polar surface area (TPSA) is 59.8 Å². The van der Waals surface area contributed by atoms with E-state index in [1.807, 2.05) is 23.0 Å². The van der Waals surface area contributed by atoms with Crippen LogP contribution in [-0.2, 0) is 11.3 Å². The van der Waals surface area contributed by atoms with Crippen LogP contribution in [0.4, 0.5) is 13.2 Å². The number of pyridine rings is 1. The number of hydrogen-bond donors (Lipinski definition) is 1. The van der Waals surface area contributed by atoms with Gasteiger partial charge in [-0.3, -0.25) is 14.5 Å². The maximum Gasteiger partial charge on any atom is 0.389 e. The molecule has 4 fully saturated rings. The number of halogens is 3. The predicted molar refractivity (Wildman–Crippen MR) is 102 cm³/mol. The van der Waals surface area contributed by atoms with Crippen molar-refractivity contribution in [3.8, 4) is 11.3 Å². The second kappa shape index (κ2) is 5.86. The molecule has 3 heterocycles. The fourth-order valence-corrected chi connectivity index (χ4v) is 5.95. The van der Waals surface area contributed by atoms with Crippen LogP contribution in [0, 0.1) is 10.8 Å². The molecule has 0 saturated heterocycles.